The average Bonchev–Trinajstić information content (AvgIpc) is 2.49. The first-order valence-electron chi connectivity index (χ1n) is 6.65. The Morgan fingerprint density at radius 3 is 2.75 bits per heavy atom. The summed E-state index contributed by atoms with van der Waals surface area (Å²) in [5.41, 5.74) is 0. The predicted octanol–water partition coefficient (Wildman–Crippen LogP) is 0.627. The second kappa shape index (κ2) is 8.31. The lowest BCUT2D eigenvalue weighted by Crippen LogP contribution is -2.27. The molecular formula is C13H23N5O2. The van der Waals surface area contributed by atoms with Crippen molar-refractivity contribution in [2.75, 3.05) is 44.5 Å². The van der Waals surface area contributed by atoms with Gasteiger partial charge in [-0.1, -0.05) is 0 Å². The molecule has 0 saturated carbocycles. The monoisotopic (exact) mass is 281 g/mol. The van der Waals surface area contributed by atoms with Crippen LogP contribution in [-0.2, 0) is 16.1 Å². The van der Waals surface area contributed by atoms with Gasteiger partial charge in [-0.3, -0.25) is 4.79 Å². The maximum atomic E-state index is 11.3. The van der Waals surface area contributed by atoms with Crippen molar-refractivity contribution in [2.45, 2.75) is 20.0 Å². The molecule has 1 rings (SSSR count). The zero-order chi connectivity index (χ0) is 15.0. The third kappa shape index (κ3) is 5.00. The number of nitrogens with one attached hydrogen (secondary N) is 2. The minimum atomic E-state index is 0.00860. The molecule has 0 atom stereocenters. The summed E-state index contributed by atoms with van der Waals surface area (Å²) in [6, 6.07) is 1.85. The second-order valence-electron chi connectivity index (χ2n) is 4.26. The molecule has 0 fully saturated rings. The molecule has 1 amide bonds. The number of anilines is 2. The molecule has 2 N–H and O–H groups in total. The molecule has 0 bridgehead atoms. The van der Waals surface area contributed by atoms with E-state index in [0.717, 1.165) is 11.6 Å². The van der Waals surface area contributed by atoms with Crippen LogP contribution in [0.5, 0.6) is 0 Å². The van der Waals surface area contributed by atoms with Crippen LogP contribution in [0.1, 0.15) is 19.2 Å². The van der Waals surface area contributed by atoms with Crippen molar-refractivity contribution in [1.82, 2.24) is 15.3 Å². The van der Waals surface area contributed by atoms with Crippen LogP contribution in [0.3, 0.4) is 0 Å². The number of nitrogens with zero attached hydrogens (tertiary/aromatic N) is 3. The van der Waals surface area contributed by atoms with E-state index >= 15 is 0 Å². The molecule has 20 heavy (non-hydrogen) atoms. The van der Waals surface area contributed by atoms with Crippen LogP contribution >= 0.6 is 0 Å². The third-order valence-electron chi connectivity index (χ3n) is 2.79. The van der Waals surface area contributed by atoms with Crippen molar-refractivity contribution >= 4 is 17.5 Å². The van der Waals surface area contributed by atoms with E-state index in [1.54, 1.807) is 14.1 Å². The van der Waals surface area contributed by atoms with Gasteiger partial charge in [0.15, 0.2) is 5.82 Å². The van der Waals surface area contributed by atoms with Crippen molar-refractivity contribution < 1.29 is 9.53 Å². The zero-order valence-electron chi connectivity index (χ0n) is 12.6. The Hall–Kier alpha value is -1.89. The van der Waals surface area contributed by atoms with Gasteiger partial charge in [0, 0.05) is 46.8 Å². The summed E-state index contributed by atoms with van der Waals surface area (Å²) in [6.07, 6.45) is 0.423. The molecule has 112 valence electrons. The van der Waals surface area contributed by atoms with Gasteiger partial charge in [0.05, 0.1) is 0 Å². The van der Waals surface area contributed by atoms with Gasteiger partial charge in [-0.05, 0) is 6.92 Å². The van der Waals surface area contributed by atoms with E-state index < -0.39 is 0 Å². The van der Waals surface area contributed by atoms with Gasteiger partial charge < -0.3 is 20.3 Å². The van der Waals surface area contributed by atoms with E-state index in [2.05, 4.69) is 20.6 Å². The lowest BCUT2D eigenvalue weighted by Gasteiger charge is -2.19. The zero-order valence-corrected chi connectivity index (χ0v) is 12.6. The van der Waals surface area contributed by atoms with Gasteiger partial charge in [-0.2, -0.15) is 0 Å². The highest BCUT2D eigenvalue weighted by Gasteiger charge is 2.09. The molecule has 1 aromatic heterocycles. The lowest BCUT2D eigenvalue weighted by molar-refractivity contribution is -0.120. The fraction of sp³-hybridized carbons (Fsp3) is 0.615. The number of carbonyl (C=O) groups excluding carboxylic acids is 1. The molecule has 1 aromatic rings. The lowest BCUT2D eigenvalue weighted by atomic mass is 10.3. The summed E-state index contributed by atoms with van der Waals surface area (Å²) in [7, 11) is 5.34. The molecule has 7 heteroatoms. The van der Waals surface area contributed by atoms with E-state index in [4.69, 9.17) is 4.74 Å². The maximum absolute atomic E-state index is 11.3. The van der Waals surface area contributed by atoms with Gasteiger partial charge in [0.1, 0.15) is 18.2 Å². The standard InChI is InChI=1S/C13H23N5O2/c1-5-20-9-11-16-10(14-2)8-12(17-11)18(4)7-6-13(19)15-3/h8H,5-7,9H2,1-4H3,(H,15,19)(H,14,16,17). The third-order valence-corrected chi connectivity index (χ3v) is 2.79. The molecule has 7 nitrogen and oxygen atoms in total. The molecule has 0 aliphatic rings. The van der Waals surface area contributed by atoms with Gasteiger partial charge in [0.25, 0.3) is 0 Å². The minimum Gasteiger partial charge on any atom is -0.374 e. The molecule has 0 unspecified atom stereocenters. The summed E-state index contributed by atoms with van der Waals surface area (Å²) in [5.74, 6) is 2.13. The number of carbonyl (C=O) groups is 1. The molecule has 0 aliphatic carbocycles. The van der Waals surface area contributed by atoms with Crippen LogP contribution in [-0.4, -0.2) is 50.2 Å². The van der Waals surface area contributed by atoms with Crippen LogP contribution in [0.15, 0.2) is 6.07 Å². The van der Waals surface area contributed by atoms with Crippen molar-refractivity contribution in [3.63, 3.8) is 0 Å². The van der Waals surface area contributed by atoms with Crippen LogP contribution in [0.4, 0.5) is 11.6 Å². The number of aromatic nitrogens is 2. The van der Waals surface area contributed by atoms with Crippen molar-refractivity contribution in [3.8, 4) is 0 Å². The quantitative estimate of drug-likeness (QED) is 0.727. The number of amides is 1. The molecule has 0 aliphatic heterocycles. The maximum Gasteiger partial charge on any atom is 0.221 e. The highest BCUT2D eigenvalue weighted by Crippen LogP contribution is 2.15. The van der Waals surface area contributed by atoms with Crippen LogP contribution in [0.2, 0.25) is 0 Å². The van der Waals surface area contributed by atoms with Gasteiger partial charge in [-0.15, -0.1) is 0 Å². The predicted molar refractivity (Wildman–Crippen MR) is 78.9 cm³/mol. The summed E-state index contributed by atoms with van der Waals surface area (Å²) in [5, 5.41) is 5.61. The van der Waals surface area contributed by atoms with Gasteiger partial charge in [0.2, 0.25) is 5.91 Å². The van der Waals surface area contributed by atoms with Gasteiger partial charge in [-0.25, -0.2) is 9.97 Å². The Morgan fingerprint density at radius 2 is 2.15 bits per heavy atom. The number of ether oxygens (including phenoxy) is 1. The number of hydrogen-bond donors (Lipinski definition) is 2. The summed E-state index contributed by atoms with van der Waals surface area (Å²) in [4.78, 5) is 22.0. The molecular weight excluding hydrogens is 258 g/mol. The first-order chi connectivity index (χ1) is 9.60. The second-order valence-corrected chi connectivity index (χ2v) is 4.26. The number of hydrogen-bond acceptors (Lipinski definition) is 6. The van der Waals surface area contributed by atoms with Crippen molar-refractivity contribution in [3.05, 3.63) is 11.9 Å². The Morgan fingerprint density at radius 1 is 1.40 bits per heavy atom. The van der Waals surface area contributed by atoms with Crippen molar-refractivity contribution in [2.24, 2.45) is 0 Å². The fourth-order valence-electron chi connectivity index (χ4n) is 1.57. The summed E-state index contributed by atoms with van der Waals surface area (Å²) < 4.78 is 5.33. The SMILES string of the molecule is CCOCc1nc(NC)cc(N(C)CCC(=O)NC)n1. The van der Waals surface area contributed by atoms with E-state index in [1.165, 1.54) is 0 Å². The first kappa shape index (κ1) is 16.2. The van der Waals surface area contributed by atoms with Crippen molar-refractivity contribution in [1.29, 1.82) is 0 Å². The molecule has 0 aromatic carbocycles. The van der Waals surface area contributed by atoms with Gasteiger partial charge >= 0.3 is 0 Å². The average molecular weight is 281 g/mol. The fourth-order valence-corrected chi connectivity index (χ4v) is 1.57. The number of rotatable bonds is 8. The van der Waals surface area contributed by atoms with E-state index in [-0.39, 0.29) is 5.91 Å². The Bertz CT molecular complexity index is 439. The largest absolute Gasteiger partial charge is 0.374 e. The molecule has 0 saturated heterocycles. The van der Waals surface area contributed by atoms with Crippen LogP contribution in [0, 0.1) is 0 Å². The highest BCUT2D eigenvalue weighted by atomic mass is 16.5. The van der Waals surface area contributed by atoms with E-state index in [0.29, 0.717) is 32.0 Å². The molecule has 0 spiro atoms. The Labute approximate surface area is 119 Å². The van der Waals surface area contributed by atoms with Crippen LogP contribution in [0.25, 0.3) is 0 Å². The summed E-state index contributed by atoms with van der Waals surface area (Å²) in [6.45, 7) is 3.52. The smallest absolute Gasteiger partial charge is 0.221 e. The highest BCUT2D eigenvalue weighted by molar-refractivity contribution is 5.76. The Balaban J connectivity index is 2.78. The van der Waals surface area contributed by atoms with E-state index in [9.17, 15) is 4.79 Å². The molecule has 1 heterocycles. The Kier molecular flexibility index (Phi) is 6.72. The van der Waals surface area contributed by atoms with Crippen LogP contribution < -0.4 is 15.5 Å². The minimum absolute atomic E-state index is 0.00860. The topological polar surface area (TPSA) is 79.4 Å². The first-order valence-corrected chi connectivity index (χ1v) is 6.65. The normalized spacial score (nSPS) is 10.2. The van der Waals surface area contributed by atoms with E-state index in [1.807, 2.05) is 24.9 Å². The molecule has 0 radical (unpaired) electrons. The summed E-state index contributed by atoms with van der Waals surface area (Å²) >= 11 is 0.